The van der Waals surface area contributed by atoms with Crippen LogP contribution < -0.4 is 0 Å². The molecular weight excluding hydrogens is 326 g/mol. The second-order valence-electron chi connectivity index (χ2n) is 9.22. The molecule has 1 aromatic rings. The minimum atomic E-state index is 0.295. The summed E-state index contributed by atoms with van der Waals surface area (Å²) in [5, 5.41) is 4.22. The minimum absolute atomic E-state index is 0.295. The van der Waals surface area contributed by atoms with Crippen molar-refractivity contribution in [2.24, 2.45) is 11.3 Å². The number of hydrogen-bond donors (Lipinski definition) is 0. The molecule has 4 aliphatic rings. The van der Waals surface area contributed by atoms with Crippen LogP contribution >= 0.6 is 0 Å². The summed E-state index contributed by atoms with van der Waals surface area (Å²) in [7, 11) is 0. The van der Waals surface area contributed by atoms with Crippen molar-refractivity contribution in [3.8, 4) is 0 Å². The van der Waals surface area contributed by atoms with Gasteiger partial charge in [-0.25, -0.2) is 0 Å². The molecule has 0 aromatic carbocycles. The molecule has 0 atom stereocenters. The van der Waals surface area contributed by atoms with E-state index in [1.807, 2.05) is 0 Å². The number of carbonyl (C=O) groups is 1. The molecule has 1 aromatic heterocycles. The highest BCUT2D eigenvalue weighted by Gasteiger charge is 2.46. The van der Waals surface area contributed by atoms with E-state index < -0.39 is 0 Å². The summed E-state index contributed by atoms with van der Waals surface area (Å²) in [6.07, 6.45) is 11.2. The van der Waals surface area contributed by atoms with Crippen LogP contribution in [0.5, 0.6) is 0 Å². The van der Waals surface area contributed by atoms with Crippen LogP contribution in [0.4, 0.5) is 0 Å². The van der Waals surface area contributed by atoms with Gasteiger partial charge in [-0.2, -0.15) is 0 Å². The predicted octanol–water partition coefficient (Wildman–Crippen LogP) is 3.56. The molecule has 5 nitrogen and oxygen atoms in total. The molecule has 1 spiro atoms. The molecule has 1 saturated heterocycles. The second kappa shape index (κ2) is 6.66. The maximum Gasteiger partial charge on any atom is 0.225 e. The van der Waals surface area contributed by atoms with Crippen LogP contribution in [0.3, 0.4) is 0 Å². The SMILES string of the molecule is O=C(C1CCC2(CC1)CC2)N1CCCN(Cc2cc(C3CC3)no2)CC1. The number of amides is 1. The molecule has 1 amide bonds. The minimum Gasteiger partial charge on any atom is -0.360 e. The van der Waals surface area contributed by atoms with Gasteiger partial charge in [0.05, 0.1) is 12.2 Å². The van der Waals surface area contributed by atoms with Crippen molar-refractivity contribution < 1.29 is 9.32 Å². The fourth-order valence-electron chi connectivity index (χ4n) is 4.96. The van der Waals surface area contributed by atoms with Crippen LogP contribution in [0.25, 0.3) is 0 Å². The standard InChI is InChI=1S/C21H31N3O2/c25-20(17-4-6-21(7-5-17)8-9-21)24-11-1-10-23(12-13-24)15-18-14-19(22-26-18)16-2-3-16/h14,16-17H,1-13,15H2. The van der Waals surface area contributed by atoms with Crippen molar-refractivity contribution in [1.82, 2.24) is 15.0 Å². The van der Waals surface area contributed by atoms with Crippen molar-refractivity contribution in [2.45, 2.75) is 70.3 Å². The first-order chi connectivity index (χ1) is 12.7. The first-order valence-electron chi connectivity index (χ1n) is 10.7. The monoisotopic (exact) mass is 357 g/mol. The Kier molecular flexibility index (Phi) is 4.30. The largest absolute Gasteiger partial charge is 0.360 e. The summed E-state index contributed by atoms with van der Waals surface area (Å²) in [5.41, 5.74) is 1.81. The van der Waals surface area contributed by atoms with E-state index in [4.69, 9.17) is 4.52 Å². The molecule has 0 unspecified atom stereocenters. The molecule has 0 bridgehead atoms. The third-order valence-corrected chi connectivity index (χ3v) is 7.21. The molecule has 0 N–H and O–H groups in total. The fraction of sp³-hybridized carbons (Fsp3) is 0.810. The Labute approximate surface area is 156 Å². The van der Waals surface area contributed by atoms with Crippen molar-refractivity contribution in [3.63, 3.8) is 0 Å². The molecule has 5 heteroatoms. The van der Waals surface area contributed by atoms with Crippen LogP contribution in [0.1, 0.15) is 75.2 Å². The third kappa shape index (κ3) is 3.55. The molecule has 1 aliphatic heterocycles. The van der Waals surface area contributed by atoms with Gasteiger partial charge in [-0.15, -0.1) is 0 Å². The molecule has 4 fully saturated rings. The molecule has 142 valence electrons. The maximum absolute atomic E-state index is 13.0. The first-order valence-corrected chi connectivity index (χ1v) is 10.7. The summed E-state index contributed by atoms with van der Waals surface area (Å²) >= 11 is 0. The Balaban J connectivity index is 1.13. The summed E-state index contributed by atoms with van der Waals surface area (Å²) < 4.78 is 5.53. The van der Waals surface area contributed by atoms with Crippen LogP contribution in [0, 0.1) is 11.3 Å². The summed E-state index contributed by atoms with van der Waals surface area (Å²) in [5.74, 6) is 2.35. The van der Waals surface area contributed by atoms with Gasteiger partial charge in [-0.1, -0.05) is 5.16 Å². The Hall–Kier alpha value is -1.36. The average Bonchev–Trinajstić information content (AvgIpc) is 3.57. The van der Waals surface area contributed by atoms with Crippen molar-refractivity contribution in [2.75, 3.05) is 26.2 Å². The zero-order valence-electron chi connectivity index (χ0n) is 15.8. The molecule has 0 radical (unpaired) electrons. The van der Waals surface area contributed by atoms with Crippen molar-refractivity contribution >= 4 is 5.91 Å². The van der Waals surface area contributed by atoms with E-state index in [0.717, 1.165) is 63.4 Å². The van der Waals surface area contributed by atoms with E-state index in [9.17, 15) is 4.79 Å². The highest BCUT2D eigenvalue weighted by atomic mass is 16.5. The van der Waals surface area contributed by atoms with Crippen LogP contribution in [-0.4, -0.2) is 47.0 Å². The number of nitrogens with zero attached hydrogens (tertiary/aromatic N) is 3. The zero-order valence-corrected chi connectivity index (χ0v) is 15.8. The van der Waals surface area contributed by atoms with Gasteiger partial charge in [0.2, 0.25) is 5.91 Å². The first kappa shape index (κ1) is 16.8. The van der Waals surface area contributed by atoms with Gasteiger partial charge in [-0.05, 0) is 63.2 Å². The number of aromatic nitrogens is 1. The quantitative estimate of drug-likeness (QED) is 0.827. The lowest BCUT2D eigenvalue weighted by molar-refractivity contribution is -0.136. The van der Waals surface area contributed by atoms with Crippen LogP contribution in [0.2, 0.25) is 0 Å². The van der Waals surface area contributed by atoms with E-state index in [1.165, 1.54) is 38.5 Å². The molecule has 3 saturated carbocycles. The Morgan fingerprint density at radius 1 is 1.08 bits per heavy atom. The summed E-state index contributed by atoms with van der Waals surface area (Å²) in [6.45, 7) is 4.59. The summed E-state index contributed by atoms with van der Waals surface area (Å²) in [6, 6.07) is 2.14. The van der Waals surface area contributed by atoms with Crippen LogP contribution in [-0.2, 0) is 11.3 Å². The molecule has 26 heavy (non-hydrogen) atoms. The van der Waals surface area contributed by atoms with Gasteiger partial charge in [0.1, 0.15) is 0 Å². The number of carbonyl (C=O) groups excluding carboxylic acids is 1. The Morgan fingerprint density at radius 2 is 1.88 bits per heavy atom. The highest BCUT2D eigenvalue weighted by Crippen LogP contribution is 2.57. The fourth-order valence-corrected chi connectivity index (χ4v) is 4.96. The third-order valence-electron chi connectivity index (χ3n) is 7.21. The Bertz CT molecular complexity index is 652. The number of hydrogen-bond acceptors (Lipinski definition) is 4. The second-order valence-corrected chi connectivity index (χ2v) is 9.22. The predicted molar refractivity (Wildman–Crippen MR) is 98.6 cm³/mol. The average molecular weight is 357 g/mol. The highest BCUT2D eigenvalue weighted by molar-refractivity contribution is 5.79. The zero-order chi connectivity index (χ0) is 17.6. The van der Waals surface area contributed by atoms with Gasteiger partial charge in [0.15, 0.2) is 5.76 Å². The lowest BCUT2D eigenvalue weighted by atomic mass is 9.79. The summed E-state index contributed by atoms with van der Waals surface area (Å²) in [4.78, 5) is 17.5. The lowest BCUT2D eigenvalue weighted by Gasteiger charge is -2.31. The van der Waals surface area contributed by atoms with Gasteiger partial charge in [0.25, 0.3) is 0 Å². The lowest BCUT2D eigenvalue weighted by Crippen LogP contribution is -2.40. The van der Waals surface area contributed by atoms with Crippen molar-refractivity contribution in [1.29, 1.82) is 0 Å². The van der Waals surface area contributed by atoms with Gasteiger partial charge < -0.3 is 9.42 Å². The normalized spacial score (nSPS) is 26.8. The van der Waals surface area contributed by atoms with E-state index in [-0.39, 0.29) is 0 Å². The van der Waals surface area contributed by atoms with Crippen LogP contribution in [0.15, 0.2) is 10.6 Å². The van der Waals surface area contributed by atoms with Gasteiger partial charge in [-0.3, -0.25) is 9.69 Å². The number of rotatable bonds is 4. The van der Waals surface area contributed by atoms with E-state index in [0.29, 0.717) is 23.2 Å². The van der Waals surface area contributed by atoms with Gasteiger partial charge >= 0.3 is 0 Å². The molecule has 5 rings (SSSR count). The smallest absolute Gasteiger partial charge is 0.225 e. The van der Waals surface area contributed by atoms with E-state index in [1.54, 1.807) is 0 Å². The van der Waals surface area contributed by atoms with Gasteiger partial charge in [0, 0.05) is 44.1 Å². The topological polar surface area (TPSA) is 49.6 Å². The van der Waals surface area contributed by atoms with Crippen molar-refractivity contribution in [3.05, 3.63) is 17.5 Å². The molecule has 2 heterocycles. The molecular formula is C21H31N3O2. The maximum atomic E-state index is 13.0. The van der Waals surface area contributed by atoms with E-state index in [2.05, 4.69) is 21.0 Å². The Morgan fingerprint density at radius 3 is 2.62 bits per heavy atom. The van der Waals surface area contributed by atoms with E-state index >= 15 is 0 Å². The molecule has 3 aliphatic carbocycles.